The minimum atomic E-state index is -0.905. The number of amides is 1. The number of pyridine rings is 1. The molecule has 8 heteroatoms. The summed E-state index contributed by atoms with van der Waals surface area (Å²) in [4.78, 5) is 44.1. The molecule has 0 radical (unpaired) electrons. The summed E-state index contributed by atoms with van der Waals surface area (Å²) in [5.41, 5.74) is 2.20. The second kappa shape index (κ2) is 9.50. The van der Waals surface area contributed by atoms with Crippen molar-refractivity contribution in [3.05, 3.63) is 107 Å². The zero-order valence-corrected chi connectivity index (χ0v) is 19.4. The lowest BCUT2D eigenvalue weighted by atomic mass is 9.95. The topological polar surface area (TPSA) is 110 Å². The fourth-order valence-electron chi connectivity index (χ4n) is 4.34. The first-order valence-corrected chi connectivity index (χ1v) is 11.4. The highest BCUT2D eigenvalue weighted by Crippen LogP contribution is 2.42. The summed E-state index contributed by atoms with van der Waals surface area (Å²) in [7, 11) is 0. The van der Waals surface area contributed by atoms with Crippen LogP contribution in [0.5, 0.6) is 0 Å². The van der Waals surface area contributed by atoms with Crippen molar-refractivity contribution in [2.45, 2.75) is 19.4 Å². The highest BCUT2D eigenvalue weighted by atomic mass is 16.5. The first kappa shape index (κ1) is 23.0. The number of furan rings is 1. The van der Waals surface area contributed by atoms with E-state index in [0.717, 1.165) is 5.39 Å². The number of esters is 1. The zero-order valence-electron chi connectivity index (χ0n) is 19.4. The van der Waals surface area contributed by atoms with E-state index in [9.17, 15) is 19.5 Å². The molecule has 0 saturated carbocycles. The van der Waals surface area contributed by atoms with Crippen LogP contribution in [-0.2, 0) is 20.7 Å². The number of benzene rings is 2. The van der Waals surface area contributed by atoms with Gasteiger partial charge >= 0.3 is 5.97 Å². The smallest absolute Gasteiger partial charge is 0.310 e. The van der Waals surface area contributed by atoms with Gasteiger partial charge in [-0.3, -0.25) is 24.3 Å². The molecular formula is C28H22N2O6. The van der Waals surface area contributed by atoms with E-state index in [1.807, 2.05) is 12.1 Å². The molecule has 2 aromatic carbocycles. The van der Waals surface area contributed by atoms with Gasteiger partial charge in [0.25, 0.3) is 5.91 Å². The average molecular weight is 482 g/mol. The largest absolute Gasteiger partial charge is 0.503 e. The standard InChI is InChI=1S/C28H22N2O6/c1-2-35-23(31)15-17-7-9-20(10-8-17)30-25(18-11-13-29-14-12-18)24(27(33)28(30)34)26(32)22-16-19-5-3-4-6-21(19)36-22/h3-14,16,25,33H,2,15H2,1H3. The molecule has 1 aliphatic heterocycles. The van der Waals surface area contributed by atoms with E-state index in [4.69, 9.17) is 9.15 Å². The van der Waals surface area contributed by atoms with E-state index in [1.165, 1.54) is 4.90 Å². The molecule has 1 amide bonds. The number of carbonyl (C=O) groups is 3. The Balaban J connectivity index is 1.54. The number of carbonyl (C=O) groups excluding carboxylic acids is 3. The third-order valence-electron chi connectivity index (χ3n) is 5.99. The fraction of sp³-hybridized carbons (Fsp3) is 0.143. The second-order valence-electron chi connectivity index (χ2n) is 8.25. The third-order valence-corrected chi connectivity index (χ3v) is 5.99. The SMILES string of the molecule is CCOC(=O)Cc1ccc(N2C(=O)C(O)=C(C(=O)c3cc4ccccc4o3)C2c2ccncc2)cc1. The van der Waals surface area contributed by atoms with E-state index < -0.39 is 23.5 Å². The van der Waals surface area contributed by atoms with Gasteiger partial charge in [0.05, 0.1) is 24.6 Å². The van der Waals surface area contributed by atoms with E-state index >= 15 is 0 Å². The van der Waals surface area contributed by atoms with Crippen molar-refractivity contribution in [2.75, 3.05) is 11.5 Å². The van der Waals surface area contributed by atoms with E-state index in [2.05, 4.69) is 4.98 Å². The Labute approximate surface area is 206 Å². The maximum absolute atomic E-state index is 13.6. The number of aliphatic hydroxyl groups excluding tert-OH is 1. The number of ketones is 1. The molecule has 8 nitrogen and oxygen atoms in total. The number of aromatic nitrogens is 1. The molecule has 0 saturated heterocycles. The van der Waals surface area contributed by atoms with Crippen LogP contribution in [0.1, 0.15) is 34.6 Å². The van der Waals surface area contributed by atoms with Gasteiger partial charge in [0.1, 0.15) is 5.58 Å². The van der Waals surface area contributed by atoms with Crippen molar-refractivity contribution in [2.24, 2.45) is 0 Å². The van der Waals surface area contributed by atoms with Gasteiger partial charge in [-0.1, -0.05) is 30.3 Å². The third kappa shape index (κ3) is 4.13. The van der Waals surface area contributed by atoms with Crippen LogP contribution < -0.4 is 4.90 Å². The average Bonchev–Trinajstić information content (AvgIpc) is 3.44. The summed E-state index contributed by atoms with van der Waals surface area (Å²) in [6.07, 6.45) is 3.20. The predicted octanol–water partition coefficient (Wildman–Crippen LogP) is 4.72. The Morgan fingerprint density at radius 2 is 1.78 bits per heavy atom. The molecular weight excluding hydrogens is 460 g/mol. The van der Waals surface area contributed by atoms with Crippen LogP contribution in [0.3, 0.4) is 0 Å². The summed E-state index contributed by atoms with van der Waals surface area (Å²) in [6, 6.07) is 18.0. The molecule has 1 atom stereocenters. The molecule has 36 heavy (non-hydrogen) atoms. The van der Waals surface area contributed by atoms with Gasteiger partial charge in [0.2, 0.25) is 5.78 Å². The van der Waals surface area contributed by atoms with Crippen LogP contribution in [0.2, 0.25) is 0 Å². The van der Waals surface area contributed by atoms with Gasteiger partial charge in [-0.15, -0.1) is 0 Å². The van der Waals surface area contributed by atoms with Crippen LogP contribution in [-0.4, -0.2) is 34.4 Å². The molecule has 1 aliphatic rings. The number of hydrogen-bond acceptors (Lipinski definition) is 7. The minimum absolute atomic E-state index is 0.0243. The van der Waals surface area contributed by atoms with Crippen LogP contribution in [0.25, 0.3) is 11.0 Å². The van der Waals surface area contributed by atoms with Crippen molar-refractivity contribution in [1.29, 1.82) is 0 Å². The number of para-hydroxylation sites is 1. The lowest BCUT2D eigenvalue weighted by Gasteiger charge is -2.26. The Morgan fingerprint density at radius 3 is 2.47 bits per heavy atom. The summed E-state index contributed by atoms with van der Waals surface area (Å²) in [5.74, 6) is -2.26. The first-order valence-electron chi connectivity index (χ1n) is 11.4. The van der Waals surface area contributed by atoms with Crippen molar-refractivity contribution >= 4 is 34.3 Å². The summed E-state index contributed by atoms with van der Waals surface area (Å²) >= 11 is 0. The highest BCUT2D eigenvalue weighted by Gasteiger charge is 2.45. The fourth-order valence-corrected chi connectivity index (χ4v) is 4.34. The molecule has 1 unspecified atom stereocenters. The lowest BCUT2D eigenvalue weighted by Crippen LogP contribution is -2.31. The molecule has 1 N–H and O–H groups in total. The van der Waals surface area contributed by atoms with Gasteiger partial charge in [-0.25, -0.2) is 0 Å². The number of Topliss-reactive ketones (excluding diaryl/α,β-unsaturated/α-hetero) is 1. The number of ether oxygens (including phenoxy) is 1. The van der Waals surface area contributed by atoms with Crippen LogP contribution >= 0.6 is 0 Å². The Hall–Kier alpha value is -4.72. The molecule has 3 heterocycles. The number of rotatable bonds is 7. The Bertz CT molecular complexity index is 1450. The summed E-state index contributed by atoms with van der Waals surface area (Å²) < 4.78 is 10.7. The number of nitrogens with zero attached hydrogens (tertiary/aromatic N) is 2. The predicted molar refractivity (Wildman–Crippen MR) is 131 cm³/mol. The van der Waals surface area contributed by atoms with Gasteiger partial charge in [0, 0.05) is 23.5 Å². The van der Waals surface area contributed by atoms with Crippen LogP contribution in [0.4, 0.5) is 5.69 Å². The Kier molecular flexibility index (Phi) is 6.08. The summed E-state index contributed by atoms with van der Waals surface area (Å²) in [5, 5.41) is 11.6. The molecule has 0 aliphatic carbocycles. The van der Waals surface area contributed by atoms with Crippen molar-refractivity contribution < 1.29 is 28.6 Å². The van der Waals surface area contributed by atoms with Crippen molar-refractivity contribution in [1.82, 2.24) is 4.98 Å². The number of anilines is 1. The number of fused-ring (bicyclic) bond motifs is 1. The highest BCUT2D eigenvalue weighted by molar-refractivity contribution is 6.20. The molecule has 0 bridgehead atoms. The quantitative estimate of drug-likeness (QED) is 0.300. The van der Waals surface area contributed by atoms with E-state index in [0.29, 0.717) is 29.0 Å². The molecule has 2 aromatic heterocycles. The van der Waals surface area contributed by atoms with E-state index in [1.54, 1.807) is 73.9 Å². The van der Waals surface area contributed by atoms with Gasteiger partial charge in [0.15, 0.2) is 11.5 Å². The van der Waals surface area contributed by atoms with Crippen LogP contribution in [0.15, 0.2) is 94.9 Å². The van der Waals surface area contributed by atoms with Crippen LogP contribution in [0, 0.1) is 0 Å². The molecule has 0 fully saturated rings. The van der Waals surface area contributed by atoms with E-state index in [-0.39, 0.29) is 23.7 Å². The maximum Gasteiger partial charge on any atom is 0.310 e. The van der Waals surface area contributed by atoms with Crippen molar-refractivity contribution in [3.63, 3.8) is 0 Å². The van der Waals surface area contributed by atoms with Gasteiger partial charge < -0.3 is 14.3 Å². The normalized spacial score (nSPS) is 15.5. The zero-order chi connectivity index (χ0) is 25.2. The van der Waals surface area contributed by atoms with Gasteiger partial charge in [-0.2, -0.15) is 0 Å². The molecule has 4 aromatic rings. The summed E-state index contributed by atoms with van der Waals surface area (Å²) in [6.45, 7) is 2.03. The minimum Gasteiger partial charge on any atom is -0.503 e. The number of hydrogen-bond donors (Lipinski definition) is 1. The maximum atomic E-state index is 13.6. The molecule has 180 valence electrons. The number of aliphatic hydroxyl groups is 1. The van der Waals surface area contributed by atoms with Gasteiger partial charge in [-0.05, 0) is 54.4 Å². The Morgan fingerprint density at radius 1 is 1.06 bits per heavy atom. The monoisotopic (exact) mass is 482 g/mol. The lowest BCUT2D eigenvalue weighted by molar-refractivity contribution is -0.142. The first-order chi connectivity index (χ1) is 17.5. The molecule has 5 rings (SSSR count). The van der Waals surface area contributed by atoms with Crippen molar-refractivity contribution in [3.8, 4) is 0 Å². The molecule has 0 spiro atoms. The second-order valence-corrected chi connectivity index (χ2v) is 8.25.